The van der Waals surface area contributed by atoms with E-state index in [1.807, 2.05) is 0 Å². The van der Waals surface area contributed by atoms with Gasteiger partial charge in [0.15, 0.2) is 5.96 Å². The van der Waals surface area contributed by atoms with E-state index < -0.39 is 0 Å². The molecule has 27 heavy (non-hydrogen) atoms. The van der Waals surface area contributed by atoms with E-state index in [-0.39, 0.29) is 6.10 Å². The van der Waals surface area contributed by atoms with Crippen molar-refractivity contribution in [3.63, 3.8) is 0 Å². The fourth-order valence-corrected chi connectivity index (χ4v) is 3.86. The van der Waals surface area contributed by atoms with E-state index in [9.17, 15) is 5.11 Å². The van der Waals surface area contributed by atoms with Gasteiger partial charge in [0.1, 0.15) is 0 Å². The lowest BCUT2D eigenvalue weighted by atomic mass is 10.1. The first-order valence-electron chi connectivity index (χ1n) is 10.3. The van der Waals surface area contributed by atoms with Gasteiger partial charge in [0.2, 0.25) is 0 Å². The lowest BCUT2D eigenvalue weighted by Crippen LogP contribution is -2.41. The van der Waals surface area contributed by atoms with Crippen LogP contribution in [0.2, 0.25) is 0 Å². The minimum Gasteiger partial charge on any atom is -0.393 e. The summed E-state index contributed by atoms with van der Waals surface area (Å²) >= 11 is 0. The molecule has 1 saturated heterocycles. The van der Waals surface area contributed by atoms with E-state index in [1.54, 1.807) is 0 Å². The van der Waals surface area contributed by atoms with Crippen LogP contribution in [0.4, 0.5) is 0 Å². The Balaban J connectivity index is 1.59. The molecule has 1 saturated carbocycles. The number of nitrogens with one attached hydrogen (secondary N) is 2. The standard InChI is InChI=1S/C21H34N4O2/c1-2-22-21(24-15-18-8-5-9-20(18)26)23-14-17-6-3-4-7-19(17)16-25-10-12-27-13-11-25/h3-4,6-7,18,20,26H,2,5,8-16H2,1H3,(H2,22,23,24). The monoisotopic (exact) mass is 374 g/mol. The molecule has 2 unspecified atom stereocenters. The summed E-state index contributed by atoms with van der Waals surface area (Å²) in [5.41, 5.74) is 2.60. The SMILES string of the molecule is CCNC(=NCc1ccccc1CN1CCOCC1)NCC1CCCC1O. The molecule has 1 aliphatic carbocycles. The van der Waals surface area contributed by atoms with Gasteiger partial charge in [-0.3, -0.25) is 4.90 Å². The van der Waals surface area contributed by atoms with Crippen LogP contribution in [0.15, 0.2) is 29.3 Å². The highest BCUT2D eigenvalue weighted by Gasteiger charge is 2.25. The molecule has 3 rings (SSSR count). The highest BCUT2D eigenvalue weighted by molar-refractivity contribution is 5.79. The van der Waals surface area contributed by atoms with Gasteiger partial charge in [0.25, 0.3) is 0 Å². The predicted molar refractivity (Wildman–Crippen MR) is 109 cm³/mol. The first-order chi connectivity index (χ1) is 13.3. The summed E-state index contributed by atoms with van der Waals surface area (Å²) in [4.78, 5) is 7.23. The number of benzene rings is 1. The van der Waals surface area contributed by atoms with Crippen molar-refractivity contribution in [3.05, 3.63) is 35.4 Å². The van der Waals surface area contributed by atoms with Crippen molar-refractivity contribution in [1.82, 2.24) is 15.5 Å². The quantitative estimate of drug-likeness (QED) is 0.501. The molecule has 1 heterocycles. The Labute approximate surface area is 163 Å². The van der Waals surface area contributed by atoms with Crippen LogP contribution >= 0.6 is 0 Å². The number of aliphatic hydroxyl groups excluding tert-OH is 1. The molecule has 1 aliphatic heterocycles. The fourth-order valence-electron chi connectivity index (χ4n) is 3.86. The highest BCUT2D eigenvalue weighted by Crippen LogP contribution is 2.24. The molecule has 6 heteroatoms. The minimum atomic E-state index is -0.172. The number of aliphatic imine (C=N–C) groups is 1. The summed E-state index contributed by atoms with van der Waals surface area (Å²) in [6, 6.07) is 8.57. The van der Waals surface area contributed by atoms with Gasteiger partial charge >= 0.3 is 0 Å². The van der Waals surface area contributed by atoms with Crippen LogP contribution in [0.1, 0.15) is 37.3 Å². The molecule has 0 amide bonds. The van der Waals surface area contributed by atoms with E-state index in [0.29, 0.717) is 12.5 Å². The van der Waals surface area contributed by atoms with E-state index >= 15 is 0 Å². The molecule has 0 aromatic heterocycles. The number of morpholine rings is 1. The molecule has 6 nitrogen and oxygen atoms in total. The molecule has 0 bridgehead atoms. The van der Waals surface area contributed by atoms with Gasteiger partial charge in [-0.2, -0.15) is 0 Å². The topological polar surface area (TPSA) is 69.1 Å². The van der Waals surface area contributed by atoms with E-state index in [1.165, 1.54) is 11.1 Å². The van der Waals surface area contributed by atoms with Gasteiger partial charge in [0.05, 0.1) is 25.9 Å². The summed E-state index contributed by atoms with van der Waals surface area (Å²) in [6.45, 7) is 8.92. The zero-order valence-electron chi connectivity index (χ0n) is 16.5. The van der Waals surface area contributed by atoms with Crippen LogP contribution in [-0.2, 0) is 17.8 Å². The van der Waals surface area contributed by atoms with Crippen LogP contribution < -0.4 is 10.6 Å². The third-order valence-corrected chi connectivity index (χ3v) is 5.52. The molecular weight excluding hydrogens is 340 g/mol. The van der Waals surface area contributed by atoms with Gasteiger partial charge in [-0.05, 0) is 30.9 Å². The first kappa shape index (κ1) is 20.1. The molecule has 2 aliphatic rings. The van der Waals surface area contributed by atoms with Gasteiger partial charge in [-0.15, -0.1) is 0 Å². The molecule has 1 aromatic carbocycles. The summed E-state index contributed by atoms with van der Waals surface area (Å²) in [7, 11) is 0. The molecule has 1 aromatic rings. The second-order valence-corrected chi connectivity index (χ2v) is 7.49. The number of nitrogens with zero attached hydrogens (tertiary/aromatic N) is 2. The molecular formula is C21H34N4O2. The zero-order valence-corrected chi connectivity index (χ0v) is 16.5. The average Bonchev–Trinajstić information content (AvgIpc) is 3.11. The molecule has 3 N–H and O–H groups in total. The van der Waals surface area contributed by atoms with Crippen molar-refractivity contribution in [1.29, 1.82) is 0 Å². The third-order valence-electron chi connectivity index (χ3n) is 5.52. The smallest absolute Gasteiger partial charge is 0.191 e. The van der Waals surface area contributed by atoms with Crippen LogP contribution in [-0.4, -0.2) is 61.5 Å². The zero-order chi connectivity index (χ0) is 18.9. The lowest BCUT2D eigenvalue weighted by molar-refractivity contribution is 0.0341. The number of rotatable bonds is 7. The van der Waals surface area contributed by atoms with Crippen molar-refractivity contribution in [3.8, 4) is 0 Å². The highest BCUT2D eigenvalue weighted by atomic mass is 16.5. The summed E-state index contributed by atoms with van der Waals surface area (Å²) in [6.07, 6.45) is 2.97. The Morgan fingerprint density at radius 3 is 2.67 bits per heavy atom. The maximum Gasteiger partial charge on any atom is 0.191 e. The number of ether oxygens (including phenoxy) is 1. The fraction of sp³-hybridized carbons (Fsp3) is 0.667. The Bertz CT molecular complexity index is 602. The van der Waals surface area contributed by atoms with E-state index in [0.717, 1.165) is 71.2 Å². The number of aliphatic hydroxyl groups is 1. The Kier molecular flexibility index (Phi) is 7.93. The van der Waals surface area contributed by atoms with Crippen molar-refractivity contribution in [2.75, 3.05) is 39.4 Å². The van der Waals surface area contributed by atoms with Crippen LogP contribution in [0, 0.1) is 5.92 Å². The number of hydrogen-bond acceptors (Lipinski definition) is 4. The molecule has 0 spiro atoms. The normalized spacial score (nSPS) is 24.1. The Hall–Kier alpha value is -1.63. The van der Waals surface area contributed by atoms with Crippen LogP contribution in [0.3, 0.4) is 0 Å². The summed E-state index contributed by atoms with van der Waals surface area (Å²) in [5.74, 6) is 1.17. The lowest BCUT2D eigenvalue weighted by Gasteiger charge is -2.27. The van der Waals surface area contributed by atoms with Crippen molar-refractivity contribution in [2.24, 2.45) is 10.9 Å². The molecule has 150 valence electrons. The van der Waals surface area contributed by atoms with Crippen LogP contribution in [0.5, 0.6) is 0 Å². The van der Waals surface area contributed by atoms with Crippen LogP contribution in [0.25, 0.3) is 0 Å². The van der Waals surface area contributed by atoms with Gasteiger partial charge in [-0.25, -0.2) is 4.99 Å². The summed E-state index contributed by atoms with van der Waals surface area (Å²) < 4.78 is 5.45. The number of guanidine groups is 1. The first-order valence-corrected chi connectivity index (χ1v) is 10.3. The predicted octanol–water partition coefficient (Wildman–Crippen LogP) is 1.73. The minimum absolute atomic E-state index is 0.172. The van der Waals surface area contributed by atoms with Crippen molar-refractivity contribution < 1.29 is 9.84 Å². The largest absolute Gasteiger partial charge is 0.393 e. The Morgan fingerprint density at radius 1 is 1.19 bits per heavy atom. The van der Waals surface area contributed by atoms with E-state index in [4.69, 9.17) is 9.73 Å². The molecule has 2 fully saturated rings. The second kappa shape index (κ2) is 10.6. The summed E-state index contributed by atoms with van der Waals surface area (Å²) in [5, 5.41) is 16.8. The van der Waals surface area contributed by atoms with Crippen molar-refractivity contribution in [2.45, 2.75) is 45.4 Å². The Morgan fingerprint density at radius 2 is 1.96 bits per heavy atom. The van der Waals surface area contributed by atoms with Crippen molar-refractivity contribution >= 4 is 5.96 Å². The third kappa shape index (κ3) is 6.19. The average molecular weight is 375 g/mol. The van der Waals surface area contributed by atoms with Gasteiger partial charge < -0.3 is 20.5 Å². The second-order valence-electron chi connectivity index (χ2n) is 7.49. The number of hydrogen-bond donors (Lipinski definition) is 3. The molecule has 0 radical (unpaired) electrons. The maximum absolute atomic E-state index is 10.0. The van der Waals surface area contributed by atoms with E-state index in [2.05, 4.69) is 46.7 Å². The van der Waals surface area contributed by atoms with Gasteiger partial charge in [-0.1, -0.05) is 30.7 Å². The maximum atomic E-state index is 10.0. The van der Waals surface area contributed by atoms with Gasteiger partial charge in [0, 0.05) is 38.6 Å². The molecule has 2 atom stereocenters.